The SMILES string of the molecule is Cc1cc(CNC(=O)c2nn(C)cc2C(=O)C2CC2)cc2c1C(C)C(=O)N2. The first-order valence-electron chi connectivity index (χ1n) is 9.15. The van der Waals surface area contributed by atoms with Crippen molar-refractivity contribution in [1.29, 1.82) is 0 Å². The van der Waals surface area contributed by atoms with E-state index >= 15 is 0 Å². The third-order valence-corrected chi connectivity index (χ3v) is 5.24. The van der Waals surface area contributed by atoms with Crippen LogP contribution in [0.5, 0.6) is 0 Å². The van der Waals surface area contributed by atoms with Crippen LogP contribution in [0.3, 0.4) is 0 Å². The van der Waals surface area contributed by atoms with Gasteiger partial charge in [0.25, 0.3) is 5.91 Å². The molecule has 1 atom stereocenters. The van der Waals surface area contributed by atoms with Crippen molar-refractivity contribution in [2.75, 3.05) is 5.32 Å². The van der Waals surface area contributed by atoms with Crippen LogP contribution in [0.4, 0.5) is 5.69 Å². The first kappa shape index (κ1) is 17.5. The third kappa shape index (κ3) is 3.13. The van der Waals surface area contributed by atoms with Crippen molar-refractivity contribution in [2.24, 2.45) is 13.0 Å². The normalized spacial score (nSPS) is 18.2. The molecule has 2 aliphatic rings. The van der Waals surface area contributed by atoms with Gasteiger partial charge in [-0.1, -0.05) is 6.07 Å². The highest BCUT2D eigenvalue weighted by Crippen LogP contribution is 2.36. The lowest BCUT2D eigenvalue weighted by Gasteiger charge is -2.10. The minimum atomic E-state index is -0.366. The van der Waals surface area contributed by atoms with E-state index in [1.807, 2.05) is 26.0 Å². The van der Waals surface area contributed by atoms with Gasteiger partial charge in [-0.3, -0.25) is 19.1 Å². The van der Waals surface area contributed by atoms with Crippen LogP contribution in [-0.4, -0.2) is 27.4 Å². The topological polar surface area (TPSA) is 93.1 Å². The number of carbonyl (C=O) groups excluding carboxylic acids is 3. The van der Waals surface area contributed by atoms with Crippen molar-refractivity contribution in [1.82, 2.24) is 15.1 Å². The van der Waals surface area contributed by atoms with E-state index in [4.69, 9.17) is 0 Å². The maximum Gasteiger partial charge on any atom is 0.272 e. The van der Waals surface area contributed by atoms with Crippen molar-refractivity contribution >= 4 is 23.3 Å². The van der Waals surface area contributed by atoms with Crippen LogP contribution in [0.2, 0.25) is 0 Å². The number of aryl methyl sites for hydroxylation is 2. The smallest absolute Gasteiger partial charge is 0.272 e. The Morgan fingerprint density at radius 3 is 2.78 bits per heavy atom. The molecule has 7 nitrogen and oxygen atoms in total. The maximum atomic E-state index is 12.6. The molecule has 2 heterocycles. The summed E-state index contributed by atoms with van der Waals surface area (Å²) >= 11 is 0. The number of anilines is 1. The largest absolute Gasteiger partial charge is 0.347 e. The summed E-state index contributed by atoms with van der Waals surface area (Å²) in [6.07, 6.45) is 3.38. The Morgan fingerprint density at radius 1 is 1.33 bits per heavy atom. The molecule has 2 amide bonds. The highest BCUT2D eigenvalue weighted by molar-refractivity contribution is 6.08. The number of benzene rings is 1. The van der Waals surface area contributed by atoms with E-state index in [-0.39, 0.29) is 35.1 Å². The van der Waals surface area contributed by atoms with Gasteiger partial charge in [-0.2, -0.15) is 5.10 Å². The zero-order chi connectivity index (χ0) is 19.3. The van der Waals surface area contributed by atoms with Gasteiger partial charge in [-0.15, -0.1) is 0 Å². The molecule has 1 aliphatic heterocycles. The van der Waals surface area contributed by atoms with Gasteiger partial charge >= 0.3 is 0 Å². The number of Topliss-reactive ketones (excluding diaryl/α,β-unsaturated/α-hetero) is 1. The number of carbonyl (C=O) groups is 3. The molecule has 1 aromatic heterocycles. The van der Waals surface area contributed by atoms with E-state index in [0.717, 1.165) is 35.2 Å². The van der Waals surface area contributed by atoms with Gasteiger partial charge < -0.3 is 10.6 Å². The minimum Gasteiger partial charge on any atom is -0.347 e. The molecule has 1 fully saturated rings. The van der Waals surface area contributed by atoms with E-state index < -0.39 is 0 Å². The molecule has 1 unspecified atom stereocenters. The molecular formula is C20H22N4O3. The van der Waals surface area contributed by atoms with E-state index in [9.17, 15) is 14.4 Å². The lowest BCUT2D eigenvalue weighted by Crippen LogP contribution is -2.25. The van der Waals surface area contributed by atoms with Crippen LogP contribution in [0, 0.1) is 12.8 Å². The molecule has 0 saturated heterocycles. The van der Waals surface area contributed by atoms with E-state index in [1.165, 1.54) is 4.68 Å². The summed E-state index contributed by atoms with van der Waals surface area (Å²) in [7, 11) is 1.70. The monoisotopic (exact) mass is 366 g/mol. The van der Waals surface area contributed by atoms with Crippen molar-refractivity contribution < 1.29 is 14.4 Å². The van der Waals surface area contributed by atoms with Crippen LogP contribution in [0.1, 0.15) is 63.2 Å². The fourth-order valence-corrected chi connectivity index (χ4v) is 3.69. The van der Waals surface area contributed by atoms with E-state index in [1.54, 1.807) is 13.2 Å². The fourth-order valence-electron chi connectivity index (χ4n) is 3.69. The van der Waals surface area contributed by atoms with Gasteiger partial charge in [0.15, 0.2) is 11.5 Å². The number of nitrogens with one attached hydrogen (secondary N) is 2. The molecule has 140 valence electrons. The Hall–Kier alpha value is -2.96. The molecule has 1 aromatic carbocycles. The molecule has 2 aromatic rings. The van der Waals surface area contributed by atoms with Crippen LogP contribution >= 0.6 is 0 Å². The molecule has 0 radical (unpaired) electrons. The molecule has 1 saturated carbocycles. The highest BCUT2D eigenvalue weighted by atomic mass is 16.2. The summed E-state index contributed by atoms with van der Waals surface area (Å²) in [5.74, 6) is -0.502. The van der Waals surface area contributed by atoms with Crippen molar-refractivity contribution in [3.63, 3.8) is 0 Å². The number of hydrogen-bond donors (Lipinski definition) is 2. The van der Waals surface area contributed by atoms with Gasteiger partial charge in [-0.25, -0.2) is 0 Å². The van der Waals surface area contributed by atoms with E-state index in [2.05, 4.69) is 15.7 Å². The Bertz CT molecular complexity index is 972. The van der Waals surface area contributed by atoms with Crippen LogP contribution in [0.25, 0.3) is 0 Å². The molecular weight excluding hydrogens is 344 g/mol. The summed E-state index contributed by atoms with van der Waals surface area (Å²) in [5.41, 5.74) is 4.29. The molecule has 4 rings (SSSR count). The fraction of sp³-hybridized carbons (Fsp3) is 0.400. The van der Waals surface area contributed by atoms with Gasteiger partial charge in [0, 0.05) is 31.4 Å². The zero-order valence-electron chi connectivity index (χ0n) is 15.6. The first-order chi connectivity index (χ1) is 12.8. The predicted octanol–water partition coefficient (Wildman–Crippen LogP) is 2.31. The quantitative estimate of drug-likeness (QED) is 0.794. The van der Waals surface area contributed by atoms with Gasteiger partial charge in [0.1, 0.15) is 0 Å². The summed E-state index contributed by atoms with van der Waals surface area (Å²) in [5, 5.41) is 9.90. The standard InChI is InChI=1S/C20H22N4O3/c1-10-6-12(7-15-16(10)11(2)19(26)22-15)8-21-20(27)17-14(9-24(3)23-17)18(25)13-4-5-13/h6-7,9,11,13H,4-5,8H2,1-3H3,(H,21,27)(H,22,26). The predicted molar refractivity (Wildman–Crippen MR) is 99.7 cm³/mol. The number of hydrogen-bond acceptors (Lipinski definition) is 4. The van der Waals surface area contributed by atoms with Crippen molar-refractivity contribution in [2.45, 2.75) is 39.2 Å². The number of aromatic nitrogens is 2. The average molecular weight is 366 g/mol. The van der Waals surface area contributed by atoms with Crippen molar-refractivity contribution in [3.05, 3.63) is 46.3 Å². The number of ketones is 1. The summed E-state index contributed by atoms with van der Waals surface area (Å²) < 4.78 is 1.50. The lowest BCUT2D eigenvalue weighted by molar-refractivity contribution is -0.116. The summed E-state index contributed by atoms with van der Waals surface area (Å²) in [4.78, 5) is 36.9. The van der Waals surface area contributed by atoms with Gasteiger partial charge in [0.2, 0.25) is 5.91 Å². The average Bonchev–Trinajstić information content (AvgIpc) is 3.33. The first-order valence-corrected chi connectivity index (χ1v) is 9.15. The number of nitrogens with zero attached hydrogens (tertiary/aromatic N) is 2. The lowest BCUT2D eigenvalue weighted by atomic mass is 9.96. The van der Waals surface area contributed by atoms with Crippen LogP contribution < -0.4 is 10.6 Å². The van der Waals surface area contributed by atoms with E-state index in [0.29, 0.717) is 12.1 Å². The van der Waals surface area contributed by atoms with Crippen LogP contribution in [0.15, 0.2) is 18.3 Å². The minimum absolute atomic E-state index is 0.00155. The molecule has 7 heteroatoms. The third-order valence-electron chi connectivity index (χ3n) is 5.24. The Labute approximate surface area is 157 Å². The molecule has 0 spiro atoms. The number of amides is 2. The van der Waals surface area contributed by atoms with Gasteiger partial charge in [0.05, 0.1) is 11.5 Å². The number of rotatable bonds is 5. The second-order valence-corrected chi connectivity index (χ2v) is 7.47. The Kier molecular flexibility index (Phi) is 4.09. The molecule has 2 N–H and O–H groups in total. The molecule has 27 heavy (non-hydrogen) atoms. The summed E-state index contributed by atoms with van der Waals surface area (Å²) in [6.45, 7) is 4.14. The Morgan fingerprint density at radius 2 is 2.07 bits per heavy atom. The van der Waals surface area contributed by atoms with Crippen LogP contribution in [-0.2, 0) is 18.4 Å². The zero-order valence-corrected chi connectivity index (χ0v) is 15.6. The van der Waals surface area contributed by atoms with Crippen molar-refractivity contribution in [3.8, 4) is 0 Å². The van der Waals surface area contributed by atoms with Gasteiger partial charge in [-0.05, 0) is 49.4 Å². The second-order valence-electron chi connectivity index (χ2n) is 7.47. The Balaban J connectivity index is 1.51. The highest BCUT2D eigenvalue weighted by Gasteiger charge is 2.34. The summed E-state index contributed by atoms with van der Waals surface area (Å²) in [6, 6.07) is 3.86. The molecule has 0 bridgehead atoms. The number of fused-ring (bicyclic) bond motifs is 1. The molecule has 1 aliphatic carbocycles. The second kappa shape index (κ2) is 6.33. The maximum absolute atomic E-state index is 12.6.